The van der Waals surface area contributed by atoms with Gasteiger partial charge >= 0.3 is 5.97 Å². The molecule has 8 heteroatoms. The van der Waals surface area contributed by atoms with Crippen molar-refractivity contribution in [2.75, 3.05) is 6.54 Å². The number of benzene rings is 1. The first kappa shape index (κ1) is 19.9. The normalized spacial score (nSPS) is 10.7. The van der Waals surface area contributed by atoms with Gasteiger partial charge in [-0.25, -0.2) is 4.39 Å². The first-order valence-electron chi connectivity index (χ1n) is 8.32. The second-order valence-electron chi connectivity index (χ2n) is 5.87. The number of carbonyl (C=O) groups excluding carboxylic acids is 1. The lowest BCUT2D eigenvalue weighted by atomic mass is 10.0. The molecule has 2 rings (SSSR count). The van der Waals surface area contributed by atoms with E-state index in [-0.39, 0.29) is 34.0 Å². The molecule has 2 aromatic rings. The van der Waals surface area contributed by atoms with E-state index in [1.54, 1.807) is 6.92 Å². The van der Waals surface area contributed by atoms with Gasteiger partial charge in [0.1, 0.15) is 22.8 Å². The molecule has 1 heterocycles. The molecule has 140 valence electrons. The summed E-state index contributed by atoms with van der Waals surface area (Å²) in [4.78, 5) is 22.9. The summed E-state index contributed by atoms with van der Waals surface area (Å²) in [7, 11) is 0. The zero-order valence-electron chi connectivity index (χ0n) is 14.3. The van der Waals surface area contributed by atoms with Crippen LogP contribution in [0.5, 0.6) is 0 Å². The number of nitrogens with one attached hydrogen (secondary N) is 1. The van der Waals surface area contributed by atoms with Gasteiger partial charge in [0.15, 0.2) is 0 Å². The van der Waals surface area contributed by atoms with E-state index in [4.69, 9.17) is 21.2 Å². The molecule has 0 unspecified atom stereocenters. The van der Waals surface area contributed by atoms with Crippen LogP contribution < -0.4 is 5.32 Å². The zero-order valence-corrected chi connectivity index (χ0v) is 15.1. The molecule has 0 aliphatic heterocycles. The number of aromatic nitrogens is 1. The molecule has 0 bridgehead atoms. The van der Waals surface area contributed by atoms with Crippen molar-refractivity contribution in [2.45, 2.75) is 39.0 Å². The molecule has 0 spiro atoms. The fraction of sp³-hybridized carbons (Fsp3) is 0.389. The predicted molar refractivity (Wildman–Crippen MR) is 94.7 cm³/mol. The average Bonchev–Trinajstić information content (AvgIpc) is 2.95. The van der Waals surface area contributed by atoms with Crippen molar-refractivity contribution in [1.82, 2.24) is 10.5 Å². The van der Waals surface area contributed by atoms with Crippen LogP contribution in [-0.4, -0.2) is 28.7 Å². The fourth-order valence-electron chi connectivity index (χ4n) is 2.58. The van der Waals surface area contributed by atoms with E-state index in [1.807, 2.05) is 0 Å². The topological polar surface area (TPSA) is 92.4 Å². The van der Waals surface area contributed by atoms with E-state index < -0.39 is 17.7 Å². The lowest BCUT2D eigenvalue weighted by Crippen LogP contribution is -2.25. The number of nitrogens with zero attached hydrogens (tertiary/aromatic N) is 1. The summed E-state index contributed by atoms with van der Waals surface area (Å²) in [6.07, 6.45) is 3.07. The van der Waals surface area contributed by atoms with Gasteiger partial charge < -0.3 is 14.9 Å². The van der Waals surface area contributed by atoms with Gasteiger partial charge in [-0.05, 0) is 31.9 Å². The highest BCUT2D eigenvalue weighted by Crippen LogP contribution is 2.33. The maximum atomic E-state index is 14.1. The van der Waals surface area contributed by atoms with Crippen LogP contribution in [0.1, 0.15) is 48.2 Å². The second-order valence-corrected chi connectivity index (χ2v) is 6.28. The smallest absolute Gasteiger partial charge is 0.303 e. The zero-order chi connectivity index (χ0) is 19.1. The van der Waals surface area contributed by atoms with Crippen molar-refractivity contribution < 1.29 is 23.6 Å². The minimum Gasteiger partial charge on any atom is -0.481 e. The molecule has 2 N–H and O–H groups in total. The van der Waals surface area contributed by atoms with Crippen LogP contribution in [-0.2, 0) is 4.79 Å². The van der Waals surface area contributed by atoms with Crippen molar-refractivity contribution in [3.63, 3.8) is 0 Å². The molecule has 1 aromatic heterocycles. The number of rotatable bonds is 9. The molecule has 0 radical (unpaired) electrons. The quantitative estimate of drug-likeness (QED) is 0.634. The van der Waals surface area contributed by atoms with Gasteiger partial charge in [0.05, 0.1) is 10.6 Å². The van der Waals surface area contributed by atoms with Crippen LogP contribution in [0.25, 0.3) is 11.3 Å². The Balaban J connectivity index is 1.98. The van der Waals surface area contributed by atoms with E-state index in [1.165, 1.54) is 18.2 Å². The van der Waals surface area contributed by atoms with Gasteiger partial charge in [0, 0.05) is 13.0 Å². The number of carboxylic acid groups (broad SMARTS) is 1. The van der Waals surface area contributed by atoms with Crippen LogP contribution >= 0.6 is 11.6 Å². The number of hydrogen-bond donors (Lipinski definition) is 2. The minimum absolute atomic E-state index is 0.0323. The lowest BCUT2D eigenvalue weighted by Gasteiger charge is -2.07. The summed E-state index contributed by atoms with van der Waals surface area (Å²) in [6, 6.07) is 4.23. The van der Waals surface area contributed by atoms with Gasteiger partial charge in [-0.1, -0.05) is 35.7 Å². The summed E-state index contributed by atoms with van der Waals surface area (Å²) < 4.78 is 19.2. The Morgan fingerprint density at radius 3 is 2.69 bits per heavy atom. The molecule has 0 atom stereocenters. The van der Waals surface area contributed by atoms with Crippen molar-refractivity contribution in [2.24, 2.45) is 0 Å². The number of aliphatic carboxylic acids is 1. The van der Waals surface area contributed by atoms with Crippen molar-refractivity contribution in [3.8, 4) is 11.3 Å². The number of carbonyl (C=O) groups is 2. The standard InChI is InChI=1S/C18H20ClFN2O4/c1-11-15(18(25)21-10-5-3-2-4-9-14(23)24)17(22-26-11)16-12(19)7-6-8-13(16)20/h6-8H,2-5,9-10H2,1H3,(H,21,25)(H,23,24). The molecular weight excluding hydrogens is 363 g/mol. The van der Waals surface area contributed by atoms with Crippen LogP contribution in [0.2, 0.25) is 5.02 Å². The monoisotopic (exact) mass is 382 g/mol. The summed E-state index contributed by atoms with van der Waals surface area (Å²) >= 11 is 6.05. The Morgan fingerprint density at radius 1 is 1.27 bits per heavy atom. The maximum Gasteiger partial charge on any atom is 0.303 e. The van der Waals surface area contributed by atoms with Gasteiger partial charge in [-0.15, -0.1) is 0 Å². The largest absolute Gasteiger partial charge is 0.481 e. The number of halogens is 2. The minimum atomic E-state index is -0.805. The highest BCUT2D eigenvalue weighted by molar-refractivity contribution is 6.33. The Labute approximate surface area is 155 Å². The predicted octanol–water partition coefficient (Wildman–Crippen LogP) is 4.21. The van der Waals surface area contributed by atoms with E-state index in [2.05, 4.69) is 10.5 Å². The number of amides is 1. The number of carboxylic acids is 1. The first-order chi connectivity index (χ1) is 12.4. The molecule has 0 saturated heterocycles. The van der Waals surface area contributed by atoms with E-state index in [9.17, 15) is 14.0 Å². The number of hydrogen-bond acceptors (Lipinski definition) is 4. The van der Waals surface area contributed by atoms with Crippen LogP contribution in [0, 0.1) is 12.7 Å². The van der Waals surface area contributed by atoms with Crippen molar-refractivity contribution >= 4 is 23.5 Å². The third-order valence-electron chi connectivity index (χ3n) is 3.89. The van der Waals surface area contributed by atoms with Crippen LogP contribution in [0.15, 0.2) is 22.7 Å². The molecule has 6 nitrogen and oxygen atoms in total. The molecule has 1 aromatic carbocycles. The molecule has 1 amide bonds. The maximum absolute atomic E-state index is 14.1. The third-order valence-corrected chi connectivity index (χ3v) is 4.21. The average molecular weight is 383 g/mol. The summed E-state index contributed by atoms with van der Waals surface area (Å²) in [5.41, 5.74) is 0.261. The molecule has 0 aliphatic carbocycles. The molecular formula is C18H20ClFN2O4. The van der Waals surface area contributed by atoms with E-state index in [0.29, 0.717) is 19.4 Å². The Morgan fingerprint density at radius 2 is 2.00 bits per heavy atom. The summed E-state index contributed by atoms with van der Waals surface area (Å²) in [6.45, 7) is 1.99. The van der Waals surface area contributed by atoms with Crippen molar-refractivity contribution in [3.05, 3.63) is 40.4 Å². The third kappa shape index (κ3) is 5.05. The molecule has 26 heavy (non-hydrogen) atoms. The molecule has 0 aliphatic rings. The van der Waals surface area contributed by atoms with Gasteiger partial charge in [0.2, 0.25) is 0 Å². The second kappa shape index (κ2) is 9.33. The first-order valence-corrected chi connectivity index (χ1v) is 8.70. The Bertz CT molecular complexity index is 771. The van der Waals surface area contributed by atoms with Crippen LogP contribution in [0.4, 0.5) is 4.39 Å². The van der Waals surface area contributed by atoms with Gasteiger partial charge in [-0.2, -0.15) is 0 Å². The fourth-order valence-corrected chi connectivity index (χ4v) is 2.83. The van der Waals surface area contributed by atoms with Crippen molar-refractivity contribution in [1.29, 1.82) is 0 Å². The van der Waals surface area contributed by atoms with E-state index >= 15 is 0 Å². The van der Waals surface area contributed by atoms with Gasteiger partial charge in [-0.3, -0.25) is 9.59 Å². The Hall–Kier alpha value is -2.41. The highest BCUT2D eigenvalue weighted by atomic mass is 35.5. The van der Waals surface area contributed by atoms with E-state index in [0.717, 1.165) is 12.8 Å². The number of aryl methyl sites for hydroxylation is 1. The summed E-state index contributed by atoms with van der Waals surface area (Å²) in [5, 5.41) is 15.3. The summed E-state index contributed by atoms with van der Waals surface area (Å²) in [5.74, 6) is -1.53. The highest BCUT2D eigenvalue weighted by Gasteiger charge is 2.25. The molecule has 0 fully saturated rings. The van der Waals surface area contributed by atoms with Crippen LogP contribution in [0.3, 0.4) is 0 Å². The number of unbranched alkanes of at least 4 members (excludes halogenated alkanes) is 3. The molecule has 0 saturated carbocycles. The SMILES string of the molecule is Cc1onc(-c2c(F)cccc2Cl)c1C(=O)NCCCCCCC(=O)O. The Kier molecular flexibility index (Phi) is 7.15. The lowest BCUT2D eigenvalue weighted by molar-refractivity contribution is -0.137. The van der Waals surface area contributed by atoms with Gasteiger partial charge in [0.25, 0.3) is 5.91 Å².